The monoisotopic (exact) mass is 520 g/mol. The second-order valence-corrected chi connectivity index (χ2v) is 9.72. The molecule has 9 nitrogen and oxygen atoms in total. The summed E-state index contributed by atoms with van der Waals surface area (Å²) in [5.74, 6) is 0.882. The van der Waals surface area contributed by atoms with Gasteiger partial charge in [0.05, 0.1) is 29.5 Å². The van der Waals surface area contributed by atoms with Crippen LogP contribution in [0.15, 0.2) is 53.5 Å². The summed E-state index contributed by atoms with van der Waals surface area (Å²) in [6.45, 7) is 5.44. The molecule has 38 heavy (non-hydrogen) atoms. The number of benzene rings is 2. The maximum absolute atomic E-state index is 13.9. The fourth-order valence-electron chi connectivity index (χ4n) is 4.38. The number of ether oxygens (including phenoxy) is 2. The summed E-state index contributed by atoms with van der Waals surface area (Å²) in [6, 6.07) is 11.4. The lowest BCUT2D eigenvalue weighted by atomic mass is 9.96. The van der Waals surface area contributed by atoms with Crippen molar-refractivity contribution in [3.05, 3.63) is 64.8 Å². The molecule has 0 fully saturated rings. The van der Waals surface area contributed by atoms with Gasteiger partial charge in [0, 0.05) is 18.0 Å². The lowest BCUT2D eigenvalue weighted by Crippen LogP contribution is -2.23. The van der Waals surface area contributed by atoms with E-state index in [-0.39, 0.29) is 28.5 Å². The SMILES string of the molecule is CCOc1ncc2nc(-c3ccc4nc(C(C)(C)C)n(C)c4c3)c(=O)n(-c3ccc(OC(F)F)cc3)c2n1. The molecule has 5 aromatic rings. The predicted molar refractivity (Wildman–Crippen MR) is 139 cm³/mol. The number of nitrogens with zero attached hydrogens (tertiary/aromatic N) is 6. The Labute approximate surface area is 216 Å². The maximum Gasteiger partial charge on any atom is 0.387 e. The molecule has 0 spiro atoms. The Morgan fingerprint density at radius 3 is 2.39 bits per heavy atom. The first-order valence-corrected chi connectivity index (χ1v) is 12.0. The Hall–Kier alpha value is -4.41. The second-order valence-electron chi connectivity index (χ2n) is 9.72. The van der Waals surface area contributed by atoms with Crippen molar-refractivity contribution in [1.82, 2.24) is 29.1 Å². The smallest absolute Gasteiger partial charge is 0.387 e. The average Bonchev–Trinajstić information content (AvgIpc) is 3.21. The van der Waals surface area contributed by atoms with Crippen LogP contribution in [0.3, 0.4) is 0 Å². The highest BCUT2D eigenvalue weighted by Crippen LogP contribution is 2.29. The Bertz CT molecular complexity index is 1710. The molecule has 0 radical (unpaired) electrons. The Kier molecular flexibility index (Phi) is 6.29. The number of halogens is 2. The van der Waals surface area contributed by atoms with Gasteiger partial charge in [-0.2, -0.15) is 13.8 Å². The first-order chi connectivity index (χ1) is 18.1. The highest BCUT2D eigenvalue weighted by molar-refractivity contribution is 5.83. The van der Waals surface area contributed by atoms with Crippen LogP contribution >= 0.6 is 0 Å². The number of fused-ring (bicyclic) bond motifs is 2. The molecule has 0 aliphatic carbocycles. The van der Waals surface area contributed by atoms with E-state index in [0.29, 0.717) is 23.4 Å². The second kappa shape index (κ2) is 9.47. The first kappa shape index (κ1) is 25.2. The number of hydrogen-bond donors (Lipinski definition) is 0. The number of imidazole rings is 1. The van der Waals surface area contributed by atoms with Crippen LogP contribution in [0.2, 0.25) is 0 Å². The van der Waals surface area contributed by atoms with Gasteiger partial charge in [0.15, 0.2) is 5.65 Å². The molecular formula is C27H26F2N6O3. The molecule has 0 aliphatic heterocycles. The van der Waals surface area contributed by atoms with Crippen LogP contribution in [0.5, 0.6) is 11.8 Å². The zero-order valence-corrected chi connectivity index (χ0v) is 21.6. The summed E-state index contributed by atoms with van der Waals surface area (Å²) in [5, 5.41) is 0. The van der Waals surface area contributed by atoms with Crippen molar-refractivity contribution in [3.8, 4) is 28.7 Å². The summed E-state index contributed by atoms with van der Waals surface area (Å²) < 4.78 is 38.6. The van der Waals surface area contributed by atoms with Gasteiger partial charge in [-0.15, -0.1) is 0 Å². The van der Waals surface area contributed by atoms with Gasteiger partial charge in [-0.25, -0.2) is 15.0 Å². The highest BCUT2D eigenvalue weighted by atomic mass is 19.3. The quantitative estimate of drug-likeness (QED) is 0.310. The standard InChI is InChI=1S/C27H26F2N6O3/c1-6-37-26-30-14-19-22(33-26)35(16-8-10-17(11-9-16)38-25(28)29)23(36)21(31-19)15-7-12-18-20(13-15)34(5)24(32-18)27(2,3)4/h7-14,25H,6H2,1-5H3. The van der Waals surface area contributed by atoms with Gasteiger partial charge in [0.2, 0.25) is 0 Å². The van der Waals surface area contributed by atoms with Crippen LogP contribution in [0.25, 0.3) is 39.1 Å². The first-order valence-electron chi connectivity index (χ1n) is 12.0. The van der Waals surface area contributed by atoms with Crippen molar-refractivity contribution in [2.45, 2.75) is 39.7 Å². The zero-order valence-electron chi connectivity index (χ0n) is 21.6. The predicted octanol–water partition coefficient (Wildman–Crippen LogP) is 5.03. The minimum absolute atomic E-state index is 0.0312. The van der Waals surface area contributed by atoms with Crippen molar-refractivity contribution in [2.24, 2.45) is 7.05 Å². The van der Waals surface area contributed by atoms with Crippen LogP contribution in [0, 0.1) is 0 Å². The Morgan fingerprint density at radius 1 is 1.00 bits per heavy atom. The minimum Gasteiger partial charge on any atom is -0.464 e. The third-order valence-corrected chi connectivity index (χ3v) is 6.00. The number of alkyl halides is 2. The molecule has 0 amide bonds. The van der Waals surface area contributed by atoms with Gasteiger partial charge in [-0.05, 0) is 43.3 Å². The van der Waals surface area contributed by atoms with Crippen molar-refractivity contribution in [2.75, 3.05) is 6.61 Å². The summed E-state index contributed by atoms with van der Waals surface area (Å²) in [4.78, 5) is 31.9. The molecular weight excluding hydrogens is 494 g/mol. The zero-order chi connectivity index (χ0) is 27.2. The van der Waals surface area contributed by atoms with E-state index in [0.717, 1.165) is 16.9 Å². The van der Waals surface area contributed by atoms with Crippen LogP contribution in [-0.4, -0.2) is 42.3 Å². The summed E-state index contributed by atoms with van der Waals surface area (Å²) in [6.07, 6.45) is 1.49. The van der Waals surface area contributed by atoms with E-state index >= 15 is 0 Å². The van der Waals surface area contributed by atoms with Crippen molar-refractivity contribution in [1.29, 1.82) is 0 Å². The summed E-state index contributed by atoms with van der Waals surface area (Å²) >= 11 is 0. The lowest BCUT2D eigenvalue weighted by molar-refractivity contribution is -0.0498. The van der Waals surface area contributed by atoms with Crippen molar-refractivity contribution < 1.29 is 18.3 Å². The van der Waals surface area contributed by atoms with Gasteiger partial charge in [0.25, 0.3) is 5.56 Å². The topological polar surface area (TPSA) is 97.0 Å². The van der Waals surface area contributed by atoms with Gasteiger partial charge in [-0.3, -0.25) is 9.36 Å². The lowest BCUT2D eigenvalue weighted by Gasteiger charge is -2.17. The molecule has 0 aliphatic rings. The molecule has 196 valence electrons. The van der Waals surface area contributed by atoms with Gasteiger partial charge in [0.1, 0.15) is 22.8 Å². The molecule has 2 aromatic carbocycles. The average molecular weight is 521 g/mol. The van der Waals surface area contributed by atoms with Crippen LogP contribution in [0.1, 0.15) is 33.5 Å². The Balaban J connectivity index is 1.73. The molecule has 11 heteroatoms. The van der Waals surface area contributed by atoms with E-state index < -0.39 is 12.2 Å². The fourth-order valence-corrected chi connectivity index (χ4v) is 4.38. The normalized spacial score (nSPS) is 12.0. The van der Waals surface area contributed by atoms with Gasteiger partial charge in [-0.1, -0.05) is 26.8 Å². The summed E-state index contributed by atoms with van der Waals surface area (Å²) in [5.41, 5.74) is 2.79. The van der Waals surface area contributed by atoms with E-state index in [2.05, 4.69) is 40.5 Å². The van der Waals surface area contributed by atoms with E-state index in [1.165, 1.54) is 35.0 Å². The maximum atomic E-state index is 13.9. The number of hydrogen-bond acceptors (Lipinski definition) is 7. The van der Waals surface area contributed by atoms with Crippen LogP contribution in [-0.2, 0) is 12.5 Å². The Morgan fingerprint density at radius 2 is 1.74 bits per heavy atom. The highest BCUT2D eigenvalue weighted by Gasteiger charge is 2.23. The molecule has 3 heterocycles. The molecule has 3 aromatic heterocycles. The molecule has 0 N–H and O–H groups in total. The molecule has 0 saturated carbocycles. The van der Waals surface area contributed by atoms with Crippen LogP contribution in [0.4, 0.5) is 8.78 Å². The minimum atomic E-state index is -2.96. The number of aromatic nitrogens is 6. The van der Waals surface area contributed by atoms with Crippen molar-refractivity contribution >= 4 is 22.2 Å². The third-order valence-electron chi connectivity index (χ3n) is 6.00. The van der Waals surface area contributed by atoms with Crippen molar-refractivity contribution in [3.63, 3.8) is 0 Å². The van der Waals surface area contributed by atoms with E-state index in [1.807, 2.05) is 23.7 Å². The third kappa shape index (κ3) is 4.55. The molecule has 0 bridgehead atoms. The van der Waals surface area contributed by atoms with E-state index in [4.69, 9.17) is 9.72 Å². The van der Waals surface area contributed by atoms with Crippen LogP contribution < -0.4 is 15.0 Å². The molecule has 0 saturated heterocycles. The largest absolute Gasteiger partial charge is 0.464 e. The number of aryl methyl sites for hydroxylation is 1. The fraction of sp³-hybridized carbons (Fsp3) is 0.296. The molecule has 0 atom stereocenters. The van der Waals surface area contributed by atoms with E-state index in [9.17, 15) is 13.6 Å². The summed E-state index contributed by atoms with van der Waals surface area (Å²) in [7, 11) is 1.94. The van der Waals surface area contributed by atoms with Gasteiger partial charge >= 0.3 is 12.6 Å². The molecule has 5 rings (SSSR count). The molecule has 0 unspecified atom stereocenters. The van der Waals surface area contributed by atoms with Gasteiger partial charge < -0.3 is 14.0 Å². The number of rotatable bonds is 6. The van der Waals surface area contributed by atoms with E-state index in [1.54, 1.807) is 13.0 Å².